The number of rotatable bonds is 10. The molecule has 0 spiro atoms. The second-order valence-corrected chi connectivity index (χ2v) is 8.52. The Balaban J connectivity index is 1.22. The van der Waals surface area contributed by atoms with E-state index in [4.69, 9.17) is 9.05 Å². The Bertz CT molecular complexity index is 1420. The molecule has 5 aromatic rings. The van der Waals surface area contributed by atoms with Crippen molar-refractivity contribution in [3.05, 3.63) is 84.4 Å². The van der Waals surface area contributed by atoms with E-state index in [0.29, 0.717) is 41.2 Å². The van der Waals surface area contributed by atoms with E-state index in [-0.39, 0.29) is 11.7 Å². The number of imidazole rings is 1. The van der Waals surface area contributed by atoms with Crippen LogP contribution in [-0.2, 0) is 11.3 Å². The van der Waals surface area contributed by atoms with Crippen LogP contribution in [0.3, 0.4) is 0 Å². The lowest BCUT2D eigenvalue weighted by Gasteiger charge is -2.10. The molecule has 2 aromatic carbocycles. The fourth-order valence-corrected chi connectivity index (χ4v) is 3.98. The number of carbonyl (C=O) groups is 1. The summed E-state index contributed by atoms with van der Waals surface area (Å²) in [6.45, 7) is 2.69. The van der Waals surface area contributed by atoms with Gasteiger partial charge in [-0.1, -0.05) is 64.9 Å². The molecule has 0 bridgehead atoms. The summed E-state index contributed by atoms with van der Waals surface area (Å²) in [6, 6.07) is 16.6. The molecule has 3 aromatic heterocycles. The average molecular weight is 484 g/mol. The minimum absolute atomic E-state index is 0.203. The van der Waals surface area contributed by atoms with Crippen LogP contribution in [0.25, 0.3) is 34.3 Å². The molecule has 0 aliphatic heterocycles. The topological polar surface area (TPSA) is 120 Å². The van der Waals surface area contributed by atoms with E-state index in [9.17, 15) is 9.90 Å². The molecule has 0 amide bonds. The van der Waals surface area contributed by atoms with Crippen LogP contribution in [0, 0.1) is 6.92 Å². The zero-order chi connectivity index (χ0) is 24.9. The van der Waals surface area contributed by atoms with E-state index in [1.165, 1.54) is 0 Å². The Kier molecular flexibility index (Phi) is 6.81. The molecule has 0 aliphatic rings. The van der Waals surface area contributed by atoms with Crippen LogP contribution in [0.4, 0.5) is 0 Å². The lowest BCUT2D eigenvalue weighted by Crippen LogP contribution is -2.12. The first kappa shape index (κ1) is 23.4. The molecule has 0 fully saturated rings. The highest BCUT2D eigenvalue weighted by molar-refractivity contribution is 5.84. The van der Waals surface area contributed by atoms with Crippen molar-refractivity contribution in [3.8, 4) is 34.3 Å². The zero-order valence-corrected chi connectivity index (χ0v) is 19.7. The molecule has 9 heteroatoms. The monoisotopic (exact) mass is 483 g/mol. The fraction of sp³-hybridized carbons (Fsp3) is 0.222. The van der Waals surface area contributed by atoms with E-state index in [1.807, 2.05) is 48.0 Å². The number of aliphatic hydroxyl groups excluding tert-OH is 1. The molecule has 36 heavy (non-hydrogen) atoms. The van der Waals surface area contributed by atoms with Gasteiger partial charge in [0.2, 0.25) is 5.82 Å². The number of nitrogens with zero attached hydrogens (tertiary/aromatic N) is 5. The van der Waals surface area contributed by atoms with E-state index in [1.54, 1.807) is 36.8 Å². The van der Waals surface area contributed by atoms with Crippen molar-refractivity contribution >= 4 is 5.78 Å². The van der Waals surface area contributed by atoms with E-state index in [2.05, 4.69) is 20.3 Å². The van der Waals surface area contributed by atoms with Gasteiger partial charge in [-0.3, -0.25) is 4.79 Å². The van der Waals surface area contributed by atoms with Gasteiger partial charge in [0.1, 0.15) is 6.10 Å². The predicted molar refractivity (Wildman–Crippen MR) is 131 cm³/mol. The Morgan fingerprint density at radius 2 is 1.81 bits per heavy atom. The molecule has 1 atom stereocenters. The number of Topliss-reactive ketones (excluding diaryl/α,β-unsaturated/α-hetero) is 1. The van der Waals surface area contributed by atoms with Crippen LogP contribution in [-0.4, -0.2) is 35.7 Å². The van der Waals surface area contributed by atoms with Gasteiger partial charge in [0, 0.05) is 42.0 Å². The molecule has 0 radical (unpaired) electrons. The summed E-state index contributed by atoms with van der Waals surface area (Å²) in [5, 5.41) is 18.7. The first-order valence-corrected chi connectivity index (χ1v) is 11.7. The zero-order valence-electron chi connectivity index (χ0n) is 19.7. The van der Waals surface area contributed by atoms with Crippen LogP contribution in [0.1, 0.15) is 36.5 Å². The lowest BCUT2D eigenvalue weighted by atomic mass is 10.0. The molecule has 182 valence electrons. The molecule has 9 nitrogen and oxygen atoms in total. The van der Waals surface area contributed by atoms with Crippen LogP contribution >= 0.6 is 0 Å². The van der Waals surface area contributed by atoms with Gasteiger partial charge in [0.25, 0.3) is 5.89 Å². The van der Waals surface area contributed by atoms with Crippen molar-refractivity contribution in [2.45, 2.75) is 38.8 Å². The largest absolute Gasteiger partial charge is 0.381 e. The first-order chi connectivity index (χ1) is 17.6. The van der Waals surface area contributed by atoms with Crippen molar-refractivity contribution < 1.29 is 18.9 Å². The van der Waals surface area contributed by atoms with E-state index in [0.717, 1.165) is 24.1 Å². The summed E-state index contributed by atoms with van der Waals surface area (Å²) < 4.78 is 12.9. The summed E-state index contributed by atoms with van der Waals surface area (Å²) in [5.74, 6) is 1.07. The Morgan fingerprint density at radius 1 is 1.00 bits per heavy atom. The molecule has 0 aliphatic carbocycles. The Morgan fingerprint density at radius 3 is 2.56 bits per heavy atom. The van der Waals surface area contributed by atoms with Crippen LogP contribution in [0.5, 0.6) is 0 Å². The highest BCUT2D eigenvalue weighted by atomic mass is 16.5. The highest BCUT2D eigenvalue weighted by Crippen LogP contribution is 2.31. The lowest BCUT2D eigenvalue weighted by molar-refractivity contribution is -0.127. The second-order valence-electron chi connectivity index (χ2n) is 8.52. The molecule has 1 N–H and O–H groups in total. The third-order valence-corrected chi connectivity index (χ3v) is 6.03. The molecular weight excluding hydrogens is 458 g/mol. The molecule has 3 heterocycles. The summed E-state index contributed by atoms with van der Waals surface area (Å²) >= 11 is 0. The number of aryl methyl sites for hydroxylation is 1. The van der Waals surface area contributed by atoms with Gasteiger partial charge >= 0.3 is 0 Å². The van der Waals surface area contributed by atoms with Gasteiger partial charge in [-0.15, -0.1) is 0 Å². The molecular formula is C27H25N5O4. The summed E-state index contributed by atoms with van der Waals surface area (Å²) in [5.41, 5.74) is 3.42. The van der Waals surface area contributed by atoms with Gasteiger partial charge in [-0.25, -0.2) is 4.98 Å². The molecule has 5 rings (SSSR count). The molecule has 0 saturated carbocycles. The third kappa shape index (κ3) is 5.01. The number of benzene rings is 2. The van der Waals surface area contributed by atoms with Gasteiger partial charge in [-0.2, -0.15) is 4.98 Å². The number of hydrogen-bond acceptors (Lipinski definition) is 8. The number of aromatic nitrogens is 5. The Labute approximate surface area is 207 Å². The van der Waals surface area contributed by atoms with Gasteiger partial charge in [0.15, 0.2) is 17.2 Å². The maximum Gasteiger partial charge on any atom is 0.280 e. The van der Waals surface area contributed by atoms with E-state index < -0.39 is 6.10 Å². The quantitative estimate of drug-likeness (QED) is 0.274. The first-order valence-electron chi connectivity index (χ1n) is 11.7. The highest BCUT2D eigenvalue weighted by Gasteiger charge is 2.21. The van der Waals surface area contributed by atoms with Gasteiger partial charge in [-0.05, 0) is 25.3 Å². The van der Waals surface area contributed by atoms with Crippen LogP contribution < -0.4 is 0 Å². The standard InChI is InChI=1S/C27H25N5O4/c1-18-23(30-35-25(18)20-7-3-2-4-8-20)27-29-26(31-36-27)21-12-10-19(11-13-21)24(34)22(33)9-5-6-15-32-16-14-28-17-32/h2-4,7-8,10-14,16-17,24,34H,5-6,9,15H2,1H3. The SMILES string of the molecule is Cc1c(-c2nc(-c3ccc(C(O)C(=O)CCCCn4ccnc4)cc3)no2)noc1-c1ccccc1. The summed E-state index contributed by atoms with van der Waals surface area (Å²) in [7, 11) is 0. The average Bonchev–Trinajstić information content (AvgIpc) is 3.68. The third-order valence-electron chi connectivity index (χ3n) is 6.03. The minimum Gasteiger partial charge on any atom is -0.381 e. The fourth-order valence-electron chi connectivity index (χ4n) is 3.98. The normalized spacial score (nSPS) is 12.1. The molecule has 0 saturated heterocycles. The second kappa shape index (κ2) is 10.5. The van der Waals surface area contributed by atoms with Gasteiger partial charge < -0.3 is 18.7 Å². The number of carbonyl (C=O) groups excluding carboxylic acids is 1. The minimum atomic E-state index is -1.16. The number of aliphatic hydroxyl groups is 1. The van der Waals surface area contributed by atoms with Crippen LogP contribution in [0.15, 0.2) is 82.4 Å². The van der Waals surface area contributed by atoms with Crippen molar-refractivity contribution in [1.29, 1.82) is 0 Å². The maximum atomic E-state index is 12.4. The van der Waals surface area contributed by atoms with E-state index >= 15 is 0 Å². The summed E-state index contributed by atoms with van der Waals surface area (Å²) in [4.78, 5) is 20.9. The Hall–Kier alpha value is -4.37. The van der Waals surface area contributed by atoms with Crippen molar-refractivity contribution in [2.75, 3.05) is 0 Å². The molecule has 1 unspecified atom stereocenters. The number of hydrogen-bond donors (Lipinski definition) is 1. The van der Waals surface area contributed by atoms with Crippen molar-refractivity contribution in [3.63, 3.8) is 0 Å². The predicted octanol–water partition coefficient (Wildman–Crippen LogP) is 5.04. The summed E-state index contributed by atoms with van der Waals surface area (Å²) in [6.07, 6.45) is 6.05. The van der Waals surface area contributed by atoms with Gasteiger partial charge in [0.05, 0.1) is 6.33 Å². The van der Waals surface area contributed by atoms with Crippen LogP contribution in [0.2, 0.25) is 0 Å². The van der Waals surface area contributed by atoms with Crippen molar-refractivity contribution in [1.82, 2.24) is 24.8 Å². The number of unbranched alkanes of at least 4 members (excludes halogenated alkanes) is 1. The smallest absolute Gasteiger partial charge is 0.280 e. The van der Waals surface area contributed by atoms with Crippen molar-refractivity contribution in [2.24, 2.45) is 0 Å². The number of ketones is 1. The maximum absolute atomic E-state index is 12.4.